The molecule has 0 saturated carbocycles. The van der Waals surface area contributed by atoms with Crippen molar-refractivity contribution in [1.29, 1.82) is 5.26 Å². The van der Waals surface area contributed by atoms with E-state index in [2.05, 4.69) is 10.3 Å². The summed E-state index contributed by atoms with van der Waals surface area (Å²) in [5, 5.41) is 12.2. The molecule has 1 aromatic heterocycles. The zero-order valence-electron chi connectivity index (χ0n) is 10.7. The van der Waals surface area contributed by atoms with Crippen LogP contribution in [0.4, 0.5) is 5.69 Å². The second-order valence-corrected chi connectivity index (χ2v) is 4.79. The molecule has 0 atom stereocenters. The summed E-state index contributed by atoms with van der Waals surface area (Å²) in [6, 6.07) is 10.1. The van der Waals surface area contributed by atoms with E-state index in [0.717, 1.165) is 0 Å². The Hall–Kier alpha value is -2.35. The fourth-order valence-corrected chi connectivity index (χ4v) is 1.91. The zero-order valence-corrected chi connectivity index (χ0v) is 12.2. The lowest BCUT2D eigenvalue weighted by Crippen LogP contribution is -2.13. The minimum atomic E-state index is -0.557. The summed E-state index contributed by atoms with van der Waals surface area (Å²) >= 11 is 11.9. The van der Waals surface area contributed by atoms with Crippen LogP contribution in [0.15, 0.2) is 48.3 Å². The van der Waals surface area contributed by atoms with E-state index in [0.29, 0.717) is 16.3 Å². The first-order chi connectivity index (χ1) is 10.1. The van der Waals surface area contributed by atoms with Crippen molar-refractivity contribution in [2.45, 2.75) is 0 Å². The number of hydrogen-bond acceptors (Lipinski definition) is 3. The Kier molecular flexibility index (Phi) is 4.94. The third-order valence-electron chi connectivity index (χ3n) is 2.58. The average molecular weight is 318 g/mol. The molecule has 1 amide bonds. The molecule has 0 spiro atoms. The standard InChI is InChI=1S/C15H9Cl2N3O/c16-12-2-1-3-13(14(12)17)20-15(21)11(9-18)8-10-4-6-19-7-5-10/h1-8H,(H,20,21)/b11-8-. The quantitative estimate of drug-likeness (QED) is 0.689. The van der Waals surface area contributed by atoms with E-state index >= 15 is 0 Å². The fraction of sp³-hybridized carbons (Fsp3) is 0. The molecule has 0 aliphatic carbocycles. The molecule has 104 valence electrons. The molecule has 2 rings (SSSR count). The molecular weight excluding hydrogens is 309 g/mol. The maximum atomic E-state index is 12.1. The second-order valence-electron chi connectivity index (χ2n) is 4.01. The highest BCUT2D eigenvalue weighted by atomic mass is 35.5. The number of nitrogens with one attached hydrogen (secondary N) is 1. The number of benzene rings is 1. The first-order valence-corrected chi connectivity index (χ1v) is 6.64. The summed E-state index contributed by atoms with van der Waals surface area (Å²) in [5.41, 5.74) is 1.01. The molecule has 0 unspecified atom stereocenters. The maximum Gasteiger partial charge on any atom is 0.266 e. The number of carbonyl (C=O) groups is 1. The van der Waals surface area contributed by atoms with Gasteiger partial charge in [-0.3, -0.25) is 9.78 Å². The third kappa shape index (κ3) is 3.82. The van der Waals surface area contributed by atoms with Gasteiger partial charge in [0.2, 0.25) is 0 Å². The Morgan fingerprint density at radius 2 is 1.95 bits per heavy atom. The van der Waals surface area contributed by atoms with E-state index in [4.69, 9.17) is 28.5 Å². The predicted octanol–water partition coefficient (Wildman–Crippen LogP) is 3.93. The van der Waals surface area contributed by atoms with Gasteiger partial charge in [-0.1, -0.05) is 29.3 Å². The van der Waals surface area contributed by atoms with Crippen molar-refractivity contribution < 1.29 is 4.79 Å². The van der Waals surface area contributed by atoms with Gasteiger partial charge in [0.15, 0.2) is 0 Å². The predicted molar refractivity (Wildman–Crippen MR) is 82.9 cm³/mol. The highest BCUT2D eigenvalue weighted by molar-refractivity contribution is 6.44. The summed E-state index contributed by atoms with van der Waals surface area (Å²) in [4.78, 5) is 16.0. The lowest BCUT2D eigenvalue weighted by Gasteiger charge is -2.07. The van der Waals surface area contributed by atoms with Crippen LogP contribution in [0.3, 0.4) is 0 Å². The van der Waals surface area contributed by atoms with Gasteiger partial charge in [0.25, 0.3) is 5.91 Å². The molecule has 6 heteroatoms. The Morgan fingerprint density at radius 1 is 1.24 bits per heavy atom. The third-order valence-corrected chi connectivity index (χ3v) is 3.40. The van der Waals surface area contributed by atoms with Crippen LogP contribution in [-0.2, 0) is 4.79 Å². The van der Waals surface area contributed by atoms with Crippen molar-refractivity contribution in [3.63, 3.8) is 0 Å². The molecule has 2 aromatic rings. The van der Waals surface area contributed by atoms with Gasteiger partial charge in [0.1, 0.15) is 11.6 Å². The van der Waals surface area contributed by atoms with Crippen LogP contribution >= 0.6 is 23.2 Å². The van der Waals surface area contributed by atoms with Gasteiger partial charge >= 0.3 is 0 Å². The molecule has 0 bridgehead atoms. The monoisotopic (exact) mass is 317 g/mol. The maximum absolute atomic E-state index is 12.1. The number of nitriles is 1. The molecule has 0 fully saturated rings. The van der Waals surface area contributed by atoms with E-state index < -0.39 is 5.91 Å². The number of anilines is 1. The number of hydrogen-bond donors (Lipinski definition) is 1. The Labute approximate surface area is 131 Å². The van der Waals surface area contributed by atoms with E-state index in [9.17, 15) is 4.79 Å². The summed E-state index contributed by atoms with van der Waals surface area (Å²) in [6.45, 7) is 0. The lowest BCUT2D eigenvalue weighted by atomic mass is 10.1. The van der Waals surface area contributed by atoms with Gasteiger partial charge in [-0.05, 0) is 35.9 Å². The first-order valence-electron chi connectivity index (χ1n) is 5.89. The molecular formula is C15H9Cl2N3O. The minimum Gasteiger partial charge on any atom is -0.320 e. The van der Waals surface area contributed by atoms with E-state index in [1.54, 1.807) is 42.7 Å². The molecule has 4 nitrogen and oxygen atoms in total. The molecule has 0 radical (unpaired) electrons. The van der Waals surface area contributed by atoms with Gasteiger partial charge in [0.05, 0.1) is 15.7 Å². The molecule has 0 aliphatic heterocycles. The highest BCUT2D eigenvalue weighted by Crippen LogP contribution is 2.29. The molecule has 0 saturated heterocycles. The Morgan fingerprint density at radius 3 is 2.62 bits per heavy atom. The van der Waals surface area contributed by atoms with Crippen molar-refractivity contribution in [2.24, 2.45) is 0 Å². The van der Waals surface area contributed by atoms with Gasteiger partial charge < -0.3 is 5.32 Å². The number of amides is 1. The first kappa shape index (κ1) is 15.0. The van der Waals surface area contributed by atoms with Crippen LogP contribution in [0.1, 0.15) is 5.56 Å². The van der Waals surface area contributed by atoms with Gasteiger partial charge in [-0.25, -0.2) is 0 Å². The number of aromatic nitrogens is 1. The van der Waals surface area contributed by atoms with Crippen molar-refractivity contribution in [3.05, 3.63) is 63.9 Å². The van der Waals surface area contributed by atoms with Gasteiger partial charge in [-0.2, -0.15) is 5.26 Å². The Bertz CT molecular complexity index is 736. The number of nitrogens with zero attached hydrogens (tertiary/aromatic N) is 2. The highest BCUT2D eigenvalue weighted by Gasteiger charge is 2.12. The number of carbonyl (C=O) groups excluding carboxylic acids is 1. The molecule has 1 aromatic carbocycles. The van der Waals surface area contributed by atoms with Gasteiger partial charge in [0, 0.05) is 12.4 Å². The van der Waals surface area contributed by atoms with Crippen LogP contribution in [0.25, 0.3) is 6.08 Å². The van der Waals surface area contributed by atoms with E-state index in [-0.39, 0.29) is 10.6 Å². The Balaban J connectivity index is 2.24. The van der Waals surface area contributed by atoms with Crippen molar-refractivity contribution in [1.82, 2.24) is 4.98 Å². The van der Waals surface area contributed by atoms with Crippen LogP contribution in [0, 0.1) is 11.3 Å². The summed E-state index contributed by atoms with van der Waals surface area (Å²) in [5.74, 6) is -0.557. The fourth-order valence-electron chi connectivity index (χ4n) is 1.56. The van der Waals surface area contributed by atoms with Crippen molar-refractivity contribution >= 4 is 40.9 Å². The van der Waals surface area contributed by atoms with Crippen LogP contribution in [-0.4, -0.2) is 10.9 Å². The second kappa shape index (κ2) is 6.89. The number of pyridine rings is 1. The van der Waals surface area contributed by atoms with Gasteiger partial charge in [-0.15, -0.1) is 0 Å². The lowest BCUT2D eigenvalue weighted by molar-refractivity contribution is -0.112. The molecule has 1 N–H and O–H groups in total. The topological polar surface area (TPSA) is 65.8 Å². The normalized spacial score (nSPS) is 10.8. The summed E-state index contributed by atoms with van der Waals surface area (Å²) < 4.78 is 0. The molecule has 0 aliphatic rings. The summed E-state index contributed by atoms with van der Waals surface area (Å²) in [7, 11) is 0. The van der Waals surface area contributed by atoms with Crippen LogP contribution in [0.5, 0.6) is 0 Å². The summed E-state index contributed by atoms with van der Waals surface area (Å²) in [6.07, 6.45) is 4.62. The average Bonchev–Trinajstić information content (AvgIpc) is 2.50. The minimum absolute atomic E-state index is 0.0442. The number of halogens is 2. The zero-order chi connectivity index (χ0) is 15.2. The number of rotatable bonds is 3. The smallest absolute Gasteiger partial charge is 0.266 e. The van der Waals surface area contributed by atoms with E-state index in [1.807, 2.05) is 6.07 Å². The van der Waals surface area contributed by atoms with Crippen LogP contribution < -0.4 is 5.32 Å². The molecule has 1 heterocycles. The largest absolute Gasteiger partial charge is 0.320 e. The SMILES string of the molecule is N#C/C(=C/c1ccncc1)C(=O)Nc1cccc(Cl)c1Cl. The van der Waals surface area contributed by atoms with Crippen molar-refractivity contribution in [2.75, 3.05) is 5.32 Å². The van der Waals surface area contributed by atoms with Crippen molar-refractivity contribution in [3.8, 4) is 6.07 Å². The van der Waals surface area contributed by atoms with E-state index in [1.165, 1.54) is 6.08 Å². The molecule has 21 heavy (non-hydrogen) atoms. The van der Waals surface area contributed by atoms with Crippen LogP contribution in [0.2, 0.25) is 10.0 Å².